The molecular weight excluding hydrogens is 208 g/mol. The predicted octanol–water partition coefficient (Wildman–Crippen LogP) is 0.520. The van der Waals surface area contributed by atoms with Gasteiger partial charge in [-0.05, 0) is 13.0 Å². The van der Waals surface area contributed by atoms with Gasteiger partial charge in [-0.15, -0.1) is 0 Å². The Hall–Kier alpha value is -1.33. The van der Waals surface area contributed by atoms with Gasteiger partial charge in [0.25, 0.3) is 0 Å². The number of methoxy groups -OCH3 is 1. The van der Waals surface area contributed by atoms with Crippen LogP contribution in [0.25, 0.3) is 0 Å². The zero-order valence-electron chi connectivity index (χ0n) is 9.66. The highest BCUT2D eigenvalue weighted by atomic mass is 16.5. The third kappa shape index (κ3) is 4.95. The first-order valence-electron chi connectivity index (χ1n) is 5.22. The van der Waals surface area contributed by atoms with Crippen LogP contribution in [0, 0.1) is 0 Å². The number of carbonyl (C=O) groups is 1. The molecule has 2 N–H and O–H groups in total. The Morgan fingerprint density at radius 2 is 2.44 bits per heavy atom. The fourth-order valence-corrected chi connectivity index (χ4v) is 1.33. The first-order valence-corrected chi connectivity index (χ1v) is 5.22. The van der Waals surface area contributed by atoms with Crippen molar-refractivity contribution < 1.29 is 13.9 Å². The first kappa shape index (κ1) is 12.7. The summed E-state index contributed by atoms with van der Waals surface area (Å²) >= 11 is 0. The summed E-state index contributed by atoms with van der Waals surface area (Å²) in [6.45, 7) is 3.34. The van der Waals surface area contributed by atoms with Crippen molar-refractivity contribution in [1.29, 1.82) is 0 Å². The molecule has 5 nitrogen and oxygen atoms in total. The van der Waals surface area contributed by atoms with Crippen LogP contribution in [0.4, 0.5) is 0 Å². The summed E-state index contributed by atoms with van der Waals surface area (Å²) < 4.78 is 9.83. The summed E-state index contributed by atoms with van der Waals surface area (Å²) in [6.07, 6.45) is 3.26. The van der Waals surface area contributed by atoms with Crippen LogP contribution >= 0.6 is 0 Å². The highest BCUT2D eigenvalue weighted by Crippen LogP contribution is 1.97. The normalized spacial score (nSPS) is 12.4. The van der Waals surface area contributed by atoms with E-state index in [9.17, 15) is 4.79 Å². The van der Waals surface area contributed by atoms with Crippen molar-refractivity contribution in [3.8, 4) is 0 Å². The maximum absolute atomic E-state index is 11.4. The second-order valence-corrected chi connectivity index (χ2v) is 3.66. The SMILES string of the molecule is COCC(C)NC(=O)CNCc1ccoc1. The van der Waals surface area contributed by atoms with E-state index in [4.69, 9.17) is 9.15 Å². The lowest BCUT2D eigenvalue weighted by atomic mass is 10.3. The first-order chi connectivity index (χ1) is 7.72. The summed E-state index contributed by atoms with van der Waals surface area (Å²) in [6, 6.07) is 1.89. The van der Waals surface area contributed by atoms with Crippen LogP contribution in [0.15, 0.2) is 23.0 Å². The Bertz CT molecular complexity index is 298. The fraction of sp³-hybridized carbons (Fsp3) is 0.545. The van der Waals surface area contributed by atoms with E-state index in [2.05, 4.69) is 10.6 Å². The van der Waals surface area contributed by atoms with E-state index in [1.807, 2.05) is 13.0 Å². The maximum Gasteiger partial charge on any atom is 0.234 e. The molecule has 1 amide bonds. The van der Waals surface area contributed by atoms with E-state index in [-0.39, 0.29) is 11.9 Å². The number of hydrogen-bond acceptors (Lipinski definition) is 4. The van der Waals surface area contributed by atoms with Crippen molar-refractivity contribution >= 4 is 5.91 Å². The summed E-state index contributed by atoms with van der Waals surface area (Å²) in [7, 11) is 1.61. The van der Waals surface area contributed by atoms with Crippen LogP contribution in [0.1, 0.15) is 12.5 Å². The highest BCUT2D eigenvalue weighted by molar-refractivity contribution is 5.78. The lowest BCUT2D eigenvalue weighted by Gasteiger charge is -2.12. The van der Waals surface area contributed by atoms with E-state index in [1.54, 1.807) is 19.6 Å². The Morgan fingerprint density at radius 3 is 3.06 bits per heavy atom. The predicted molar refractivity (Wildman–Crippen MR) is 59.9 cm³/mol. The standard InChI is InChI=1S/C11H18N2O3/c1-9(7-15-2)13-11(14)6-12-5-10-3-4-16-8-10/h3-4,8-9,12H,5-7H2,1-2H3,(H,13,14). The molecule has 0 fully saturated rings. The Labute approximate surface area is 95.2 Å². The van der Waals surface area contributed by atoms with E-state index in [0.29, 0.717) is 19.7 Å². The minimum Gasteiger partial charge on any atom is -0.472 e. The zero-order valence-corrected chi connectivity index (χ0v) is 9.66. The van der Waals surface area contributed by atoms with Gasteiger partial charge >= 0.3 is 0 Å². The van der Waals surface area contributed by atoms with Gasteiger partial charge in [0, 0.05) is 25.3 Å². The number of amides is 1. The van der Waals surface area contributed by atoms with E-state index in [1.165, 1.54) is 0 Å². The average molecular weight is 226 g/mol. The van der Waals surface area contributed by atoms with Crippen molar-refractivity contribution in [3.63, 3.8) is 0 Å². The molecule has 0 saturated heterocycles. The zero-order chi connectivity index (χ0) is 11.8. The summed E-state index contributed by atoms with van der Waals surface area (Å²) in [5.74, 6) is -0.0342. The lowest BCUT2D eigenvalue weighted by molar-refractivity contribution is -0.121. The summed E-state index contributed by atoms with van der Waals surface area (Å²) in [4.78, 5) is 11.4. The fourth-order valence-electron chi connectivity index (χ4n) is 1.33. The topological polar surface area (TPSA) is 63.5 Å². The molecular formula is C11H18N2O3. The van der Waals surface area contributed by atoms with Gasteiger partial charge in [-0.2, -0.15) is 0 Å². The maximum atomic E-state index is 11.4. The van der Waals surface area contributed by atoms with Gasteiger partial charge < -0.3 is 19.8 Å². The monoisotopic (exact) mass is 226 g/mol. The molecule has 16 heavy (non-hydrogen) atoms. The largest absolute Gasteiger partial charge is 0.472 e. The van der Waals surface area contributed by atoms with Gasteiger partial charge in [-0.25, -0.2) is 0 Å². The molecule has 0 radical (unpaired) electrons. The number of hydrogen-bond donors (Lipinski definition) is 2. The highest BCUT2D eigenvalue weighted by Gasteiger charge is 2.06. The number of ether oxygens (including phenoxy) is 1. The second-order valence-electron chi connectivity index (χ2n) is 3.66. The second kappa shape index (κ2) is 7.03. The number of furan rings is 1. The van der Waals surface area contributed by atoms with Crippen LogP contribution in [0.5, 0.6) is 0 Å². The summed E-state index contributed by atoms with van der Waals surface area (Å²) in [5.41, 5.74) is 1.03. The van der Waals surface area contributed by atoms with Crippen LogP contribution < -0.4 is 10.6 Å². The minimum absolute atomic E-state index is 0.0342. The van der Waals surface area contributed by atoms with Crippen molar-refractivity contribution in [3.05, 3.63) is 24.2 Å². The molecule has 0 aromatic carbocycles. The Morgan fingerprint density at radius 1 is 1.62 bits per heavy atom. The Kier molecular flexibility index (Phi) is 5.60. The van der Waals surface area contributed by atoms with Crippen molar-refractivity contribution in [1.82, 2.24) is 10.6 Å². The smallest absolute Gasteiger partial charge is 0.234 e. The van der Waals surface area contributed by atoms with Gasteiger partial charge in [0.15, 0.2) is 0 Å². The molecule has 90 valence electrons. The lowest BCUT2D eigenvalue weighted by Crippen LogP contribution is -2.40. The van der Waals surface area contributed by atoms with Gasteiger partial charge in [0.2, 0.25) is 5.91 Å². The number of carbonyl (C=O) groups excluding carboxylic acids is 1. The van der Waals surface area contributed by atoms with Crippen molar-refractivity contribution in [2.24, 2.45) is 0 Å². The van der Waals surface area contributed by atoms with Gasteiger partial charge in [-0.3, -0.25) is 4.79 Å². The molecule has 0 aliphatic rings. The molecule has 0 aliphatic carbocycles. The van der Waals surface area contributed by atoms with E-state index in [0.717, 1.165) is 5.56 Å². The molecule has 1 atom stereocenters. The number of rotatable bonds is 7. The van der Waals surface area contributed by atoms with E-state index >= 15 is 0 Å². The van der Waals surface area contributed by atoms with Gasteiger partial charge in [0.05, 0.1) is 25.7 Å². The molecule has 1 aromatic heterocycles. The molecule has 1 heterocycles. The molecule has 1 rings (SSSR count). The molecule has 0 spiro atoms. The molecule has 1 unspecified atom stereocenters. The van der Waals surface area contributed by atoms with Crippen LogP contribution in [-0.2, 0) is 16.1 Å². The summed E-state index contributed by atoms with van der Waals surface area (Å²) in [5, 5.41) is 5.83. The molecule has 5 heteroatoms. The van der Waals surface area contributed by atoms with E-state index < -0.39 is 0 Å². The third-order valence-electron chi connectivity index (χ3n) is 2.02. The Balaban J connectivity index is 2.10. The van der Waals surface area contributed by atoms with Crippen LogP contribution in [-0.4, -0.2) is 32.2 Å². The quantitative estimate of drug-likeness (QED) is 0.711. The van der Waals surface area contributed by atoms with Gasteiger partial charge in [-0.1, -0.05) is 0 Å². The molecule has 0 aliphatic heterocycles. The molecule has 0 saturated carbocycles. The van der Waals surface area contributed by atoms with Crippen molar-refractivity contribution in [2.45, 2.75) is 19.5 Å². The molecule has 0 bridgehead atoms. The average Bonchev–Trinajstić information content (AvgIpc) is 2.70. The van der Waals surface area contributed by atoms with Gasteiger partial charge in [0.1, 0.15) is 0 Å². The minimum atomic E-state index is -0.0342. The third-order valence-corrected chi connectivity index (χ3v) is 2.02. The van der Waals surface area contributed by atoms with Crippen LogP contribution in [0.3, 0.4) is 0 Å². The molecule has 1 aromatic rings. The van der Waals surface area contributed by atoms with Crippen molar-refractivity contribution in [2.75, 3.05) is 20.3 Å². The van der Waals surface area contributed by atoms with Crippen LogP contribution in [0.2, 0.25) is 0 Å². The number of nitrogens with one attached hydrogen (secondary N) is 2.